The number of hydrogen-bond acceptors (Lipinski definition) is 3. The standard InChI is InChI=1S/C15H24N2S/c1-2-15-13-17(10-11-18-15)9-8-16-12-14-6-4-3-5-7-14/h3-7,15-16H,2,8-13H2,1H3. The number of hydrogen-bond donors (Lipinski definition) is 1. The van der Waals surface area contributed by atoms with Gasteiger partial charge in [-0.3, -0.25) is 0 Å². The summed E-state index contributed by atoms with van der Waals surface area (Å²) >= 11 is 2.14. The molecule has 100 valence electrons. The molecule has 0 amide bonds. The lowest BCUT2D eigenvalue weighted by Crippen LogP contribution is -2.41. The Labute approximate surface area is 115 Å². The molecule has 1 aromatic rings. The second-order valence-electron chi connectivity index (χ2n) is 4.86. The summed E-state index contributed by atoms with van der Waals surface area (Å²) in [6.45, 7) is 8.09. The zero-order chi connectivity index (χ0) is 12.6. The molecule has 1 atom stereocenters. The summed E-state index contributed by atoms with van der Waals surface area (Å²) in [7, 11) is 0. The van der Waals surface area contributed by atoms with Gasteiger partial charge in [0.25, 0.3) is 0 Å². The molecule has 2 rings (SSSR count). The van der Waals surface area contributed by atoms with Crippen molar-refractivity contribution in [3.63, 3.8) is 0 Å². The van der Waals surface area contributed by atoms with Crippen LogP contribution >= 0.6 is 11.8 Å². The molecule has 3 heteroatoms. The summed E-state index contributed by atoms with van der Waals surface area (Å²) in [5.41, 5.74) is 1.37. The van der Waals surface area contributed by atoms with Crippen LogP contribution in [-0.4, -0.2) is 42.1 Å². The Morgan fingerprint density at radius 2 is 2.17 bits per heavy atom. The molecule has 2 nitrogen and oxygen atoms in total. The van der Waals surface area contributed by atoms with Crippen LogP contribution in [0.5, 0.6) is 0 Å². The summed E-state index contributed by atoms with van der Waals surface area (Å²) < 4.78 is 0. The van der Waals surface area contributed by atoms with Gasteiger partial charge in [0, 0.05) is 43.7 Å². The van der Waals surface area contributed by atoms with E-state index < -0.39 is 0 Å². The molecular formula is C15H24N2S. The molecule has 1 fully saturated rings. The smallest absolute Gasteiger partial charge is 0.0206 e. The predicted octanol–water partition coefficient (Wildman–Crippen LogP) is 2.60. The van der Waals surface area contributed by atoms with Crippen molar-refractivity contribution in [1.82, 2.24) is 10.2 Å². The van der Waals surface area contributed by atoms with E-state index in [1.807, 2.05) is 0 Å². The second-order valence-corrected chi connectivity index (χ2v) is 6.27. The van der Waals surface area contributed by atoms with Gasteiger partial charge in [0.15, 0.2) is 0 Å². The van der Waals surface area contributed by atoms with Crippen LogP contribution in [0.15, 0.2) is 30.3 Å². The van der Waals surface area contributed by atoms with Crippen LogP contribution in [0.25, 0.3) is 0 Å². The Hall–Kier alpha value is -0.510. The van der Waals surface area contributed by atoms with E-state index in [0.717, 1.165) is 18.3 Å². The van der Waals surface area contributed by atoms with Crippen LogP contribution < -0.4 is 5.32 Å². The first kappa shape index (κ1) is 13.9. The van der Waals surface area contributed by atoms with Crippen molar-refractivity contribution in [3.8, 4) is 0 Å². The van der Waals surface area contributed by atoms with Crippen molar-refractivity contribution >= 4 is 11.8 Å². The largest absolute Gasteiger partial charge is 0.311 e. The average molecular weight is 264 g/mol. The number of benzene rings is 1. The van der Waals surface area contributed by atoms with E-state index in [2.05, 4.69) is 59.2 Å². The maximum Gasteiger partial charge on any atom is 0.0206 e. The zero-order valence-corrected chi connectivity index (χ0v) is 12.1. The minimum Gasteiger partial charge on any atom is -0.311 e. The Morgan fingerprint density at radius 3 is 2.94 bits per heavy atom. The van der Waals surface area contributed by atoms with Crippen LogP contribution in [0.3, 0.4) is 0 Å². The second kappa shape index (κ2) is 7.82. The molecule has 1 aromatic carbocycles. The Balaban J connectivity index is 1.60. The third kappa shape index (κ3) is 4.63. The third-order valence-electron chi connectivity index (χ3n) is 3.46. The fourth-order valence-electron chi connectivity index (χ4n) is 2.30. The van der Waals surface area contributed by atoms with Crippen molar-refractivity contribution in [2.24, 2.45) is 0 Å². The Morgan fingerprint density at radius 1 is 1.33 bits per heavy atom. The first-order valence-corrected chi connectivity index (χ1v) is 8.02. The fraction of sp³-hybridized carbons (Fsp3) is 0.600. The summed E-state index contributed by atoms with van der Waals surface area (Å²) in [6, 6.07) is 10.6. The molecule has 1 saturated heterocycles. The number of nitrogens with zero attached hydrogens (tertiary/aromatic N) is 1. The van der Waals surface area contributed by atoms with Gasteiger partial charge in [-0.1, -0.05) is 37.3 Å². The van der Waals surface area contributed by atoms with Gasteiger partial charge in [0.05, 0.1) is 0 Å². The summed E-state index contributed by atoms with van der Waals surface area (Å²) in [4.78, 5) is 2.60. The third-order valence-corrected chi connectivity index (χ3v) is 4.83. The molecule has 0 saturated carbocycles. The zero-order valence-electron chi connectivity index (χ0n) is 11.3. The SMILES string of the molecule is CCC1CN(CCNCc2ccccc2)CCS1. The fourth-order valence-corrected chi connectivity index (χ4v) is 3.55. The van der Waals surface area contributed by atoms with Crippen LogP contribution in [-0.2, 0) is 6.54 Å². The van der Waals surface area contributed by atoms with Gasteiger partial charge in [-0.05, 0) is 12.0 Å². The molecule has 1 N–H and O–H groups in total. The van der Waals surface area contributed by atoms with Gasteiger partial charge < -0.3 is 10.2 Å². The molecule has 0 aliphatic carbocycles. The maximum atomic E-state index is 3.53. The van der Waals surface area contributed by atoms with Crippen molar-refractivity contribution in [2.75, 3.05) is 31.9 Å². The highest BCUT2D eigenvalue weighted by atomic mass is 32.2. The molecule has 1 aliphatic rings. The van der Waals surface area contributed by atoms with Gasteiger partial charge in [0.2, 0.25) is 0 Å². The molecule has 1 unspecified atom stereocenters. The van der Waals surface area contributed by atoms with E-state index in [1.165, 1.54) is 37.4 Å². The normalized spacial score (nSPS) is 21.1. The van der Waals surface area contributed by atoms with Crippen molar-refractivity contribution in [2.45, 2.75) is 25.1 Å². The van der Waals surface area contributed by atoms with Gasteiger partial charge in [0.1, 0.15) is 0 Å². The van der Waals surface area contributed by atoms with E-state index >= 15 is 0 Å². The number of thioether (sulfide) groups is 1. The van der Waals surface area contributed by atoms with Crippen molar-refractivity contribution < 1.29 is 0 Å². The first-order chi connectivity index (χ1) is 8.88. The molecular weight excluding hydrogens is 240 g/mol. The number of nitrogens with one attached hydrogen (secondary N) is 1. The van der Waals surface area contributed by atoms with Gasteiger partial charge in [-0.15, -0.1) is 0 Å². The Kier molecular flexibility index (Phi) is 6.05. The van der Waals surface area contributed by atoms with Crippen LogP contribution in [0.1, 0.15) is 18.9 Å². The molecule has 0 radical (unpaired) electrons. The van der Waals surface area contributed by atoms with E-state index in [0.29, 0.717) is 0 Å². The summed E-state index contributed by atoms with van der Waals surface area (Å²) in [5, 5.41) is 4.39. The Bertz CT molecular complexity index is 329. The number of rotatable bonds is 6. The lowest BCUT2D eigenvalue weighted by Gasteiger charge is -2.31. The lowest BCUT2D eigenvalue weighted by atomic mass is 10.2. The van der Waals surface area contributed by atoms with E-state index in [9.17, 15) is 0 Å². The maximum absolute atomic E-state index is 3.53. The highest BCUT2D eigenvalue weighted by molar-refractivity contribution is 8.00. The van der Waals surface area contributed by atoms with Crippen LogP contribution in [0.4, 0.5) is 0 Å². The quantitative estimate of drug-likeness (QED) is 0.795. The first-order valence-electron chi connectivity index (χ1n) is 6.97. The topological polar surface area (TPSA) is 15.3 Å². The van der Waals surface area contributed by atoms with E-state index in [-0.39, 0.29) is 0 Å². The van der Waals surface area contributed by atoms with Gasteiger partial charge >= 0.3 is 0 Å². The van der Waals surface area contributed by atoms with Gasteiger partial charge in [-0.25, -0.2) is 0 Å². The van der Waals surface area contributed by atoms with E-state index in [4.69, 9.17) is 0 Å². The van der Waals surface area contributed by atoms with Gasteiger partial charge in [-0.2, -0.15) is 11.8 Å². The summed E-state index contributed by atoms with van der Waals surface area (Å²) in [5.74, 6) is 1.30. The monoisotopic (exact) mass is 264 g/mol. The predicted molar refractivity (Wildman–Crippen MR) is 81.1 cm³/mol. The highest BCUT2D eigenvalue weighted by Crippen LogP contribution is 2.20. The minimum atomic E-state index is 0.855. The van der Waals surface area contributed by atoms with Crippen molar-refractivity contribution in [1.29, 1.82) is 0 Å². The molecule has 1 aliphatic heterocycles. The van der Waals surface area contributed by atoms with Crippen LogP contribution in [0.2, 0.25) is 0 Å². The molecule has 18 heavy (non-hydrogen) atoms. The minimum absolute atomic E-state index is 0.855. The van der Waals surface area contributed by atoms with Crippen molar-refractivity contribution in [3.05, 3.63) is 35.9 Å². The average Bonchev–Trinajstić information content (AvgIpc) is 2.45. The highest BCUT2D eigenvalue weighted by Gasteiger charge is 2.17. The molecule has 1 heterocycles. The lowest BCUT2D eigenvalue weighted by molar-refractivity contribution is 0.280. The summed E-state index contributed by atoms with van der Waals surface area (Å²) in [6.07, 6.45) is 1.30. The molecule has 0 aromatic heterocycles. The van der Waals surface area contributed by atoms with Crippen LogP contribution in [0, 0.1) is 0 Å². The van der Waals surface area contributed by atoms with E-state index in [1.54, 1.807) is 0 Å². The molecule has 0 spiro atoms. The molecule has 0 bridgehead atoms.